The first-order chi connectivity index (χ1) is 10.3. The van der Waals surface area contributed by atoms with Crippen molar-refractivity contribution >= 4 is 11.5 Å². The zero-order valence-corrected chi connectivity index (χ0v) is 11.8. The van der Waals surface area contributed by atoms with Gasteiger partial charge in [-0.05, 0) is 25.1 Å². The molecular weight excluding hydrogens is 268 g/mol. The molecular formula is C15H18N4O2. The Bertz CT molecular complexity index is 629. The van der Waals surface area contributed by atoms with Gasteiger partial charge in [-0.3, -0.25) is 4.98 Å². The third-order valence-electron chi connectivity index (χ3n) is 2.90. The van der Waals surface area contributed by atoms with Gasteiger partial charge in [-0.1, -0.05) is 23.4 Å². The predicted octanol–water partition coefficient (Wildman–Crippen LogP) is 2.19. The van der Waals surface area contributed by atoms with E-state index in [1.807, 2.05) is 37.3 Å². The van der Waals surface area contributed by atoms with Gasteiger partial charge >= 0.3 is 0 Å². The van der Waals surface area contributed by atoms with Crippen LogP contribution < -0.4 is 15.8 Å². The minimum Gasteiger partial charge on any atom is -0.492 e. The summed E-state index contributed by atoms with van der Waals surface area (Å²) in [5.74, 6) is 0.778. The largest absolute Gasteiger partial charge is 0.492 e. The van der Waals surface area contributed by atoms with E-state index in [2.05, 4.69) is 15.5 Å². The molecule has 110 valence electrons. The summed E-state index contributed by atoms with van der Waals surface area (Å²) in [6.45, 7) is 3.03. The molecule has 0 unspecified atom stereocenters. The lowest BCUT2D eigenvalue weighted by atomic mass is 10.1. The first kappa shape index (κ1) is 14.6. The molecule has 0 aliphatic heterocycles. The third kappa shape index (κ3) is 3.62. The summed E-state index contributed by atoms with van der Waals surface area (Å²) in [6.07, 6.45) is 1.60. The normalized spacial score (nSPS) is 11.2. The maximum atomic E-state index is 8.79. The molecule has 21 heavy (non-hydrogen) atoms. The summed E-state index contributed by atoms with van der Waals surface area (Å²) in [4.78, 5) is 4.13. The lowest BCUT2D eigenvalue weighted by Gasteiger charge is -2.13. The molecule has 1 aromatic carbocycles. The maximum absolute atomic E-state index is 8.79. The maximum Gasteiger partial charge on any atom is 0.189 e. The van der Waals surface area contributed by atoms with E-state index in [9.17, 15) is 0 Å². The van der Waals surface area contributed by atoms with Crippen LogP contribution in [0.15, 0.2) is 47.8 Å². The molecule has 0 bridgehead atoms. The van der Waals surface area contributed by atoms with Gasteiger partial charge in [0.25, 0.3) is 0 Å². The molecule has 1 heterocycles. The molecule has 0 spiro atoms. The highest BCUT2D eigenvalue weighted by atomic mass is 16.5. The van der Waals surface area contributed by atoms with Crippen LogP contribution in [0, 0.1) is 0 Å². The molecule has 6 nitrogen and oxygen atoms in total. The first-order valence-electron chi connectivity index (χ1n) is 6.63. The second-order valence-corrected chi connectivity index (χ2v) is 4.28. The fourth-order valence-corrected chi connectivity index (χ4v) is 1.94. The summed E-state index contributed by atoms with van der Waals surface area (Å²) in [7, 11) is 0. The number of para-hydroxylation sites is 2. The summed E-state index contributed by atoms with van der Waals surface area (Å²) in [5.41, 5.74) is 7.80. The minimum atomic E-state index is -0.00880. The van der Waals surface area contributed by atoms with Crippen molar-refractivity contribution in [2.75, 3.05) is 11.9 Å². The topological polar surface area (TPSA) is 92.8 Å². The number of pyridine rings is 1. The van der Waals surface area contributed by atoms with Gasteiger partial charge in [-0.2, -0.15) is 0 Å². The minimum absolute atomic E-state index is 0.00880. The number of amidine groups is 1. The molecule has 0 atom stereocenters. The number of hydrogen-bond acceptors (Lipinski definition) is 5. The number of oxime groups is 1. The molecule has 2 aromatic rings. The second-order valence-electron chi connectivity index (χ2n) is 4.28. The van der Waals surface area contributed by atoms with Crippen molar-refractivity contribution in [2.24, 2.45) is 10.9 Å². The zero-order valence-electron chi connectivity index (χ0n) is 11.8. The molecule has 0 amide bonds. The Hall–Kier alpha value is -2.76. The van der Waals surface area contributed by atoms with Gasteiger partial charge in [0.2, 0.25) is 0 Å². The van der Waals surface area contributed by atoms with Gasteiger partial charge in [0, 0.05) is 18.3 Å². The Balaban J connectivity index is 2.17. The van der Waals surface area contributed by atoms with Crippen molar-refractivity contribution in [3.8, 4) is 5.75 Å². The first-order valence-corrected chi connectivity index (χ1v) is 6.63. The van der Waals surface area contributed by atoms with Crippen LogP contribution in [-0.2, 0) is 6.54 Å². The number of ether oxygens (including phenoxy) is 1. The molecule has 4 N–H and O–H groups in total. The lowest BCUT2D eigenvalue weighted by Crippen LogP contribution is -2.18. The van der Waals surface area contributed by atoms with Crippen LogP contribution in [0.3, 0.4) is 0 Å². The highest BCUT2D eigenvalue weighted by Crippen LogP contribution is 2.24. The quantitative estimate of drug-likeness (QED) is 0.327. The van der Waals surface area contributed by atoms with Crippen molar-refractivity contribution in [3.63, 3.8) is 0 Å². The van der Waals surface area contributed by atoms with E-state index < -0.39 is 0 Å². The number of hydrogen-bond donors (Lipinski definition) is 3. The predicted molar refractivity (Wildman–Crippen MR) is 81.7 cm³/mol. The van der Waals surface area contributed by atoms with Crippen LogP contribution >= 0.6 is 0 Å². The molecule has 0 saturated carbocycles. The Morgan fingerprint density at radius 3 is 2.90 bits per heavy atom. The lowest BCUT2D eigenvalue weighted by molar-refractivity contribution is 0.318. The van der Waals surface area contributed by atoms with E-state index in [0.717, 1.165) is 17.0 Å². The highest BCUT2D eigenvalue weighted by molar-refractivity contribution is 5.96. The number of anilines is 1. The summed E-state index contributed by atoms with van der Waals surface area (Å²) >= 11 is 0. The van der Waals surface area contributed by atoms with Gasteiger partial charge < -0.3 is 21.0 Å². The Kier molecular flexibility index (Phi) is 4.98. The summed E-state index contributed by atoms with van der Waals surface area (Å²) < 4.78 is 5.56. The average Bonchev–Trinajstić information content (AvgIpc) is 2.54. The number of rotatable bonds is 6. The van der Waals surface area contributed by atoms with Crippen LogP contribution in [0.5, 0.6) is 5.75 Å². The number of benzene rings is 1. The highest BCUT2D eigenvalue weighted by Gasteiger charge is 2.09. The van der Waals surface area contributed by atoms with Crippen molar-refractivity contribution in [2.45, 2.75) is 13.5 Å². The molecule has 0 aliphatic rings. The summed E-state index contributed by atoms with van der Waals surface area (Å²) in [6, 6.07) is 11.4. The van der Waals surface area contributed by atoms with E-state index in [0.29, 0.717) is 18.8 Å². The number of nitrogens with two attached hydrogens (primary N) is 1. The molecule has 0 saturated heterocycles. The van der Waals surface area contributed by atoms with E-state index in [1.54, 1.807) is 12.3 Å². The van der Waals surface area contributed by atoms with Gasteiger partial charge in [0.05, 0.1) is 12.3 Å². The van der Waals surface area contributed by atoms with Crippen LogP contribution in [0.2, 0.25) is 0 Å². The molecule has 0 aliphatic carbocycles. The van der Waals surface area contributed by atoms with Crippen LogP contribution in [0.25, 0.3) is 0 Å². The SMILES string of the molecule is CCOc1ccccc1NCc1cccnc1C(N)=NO. The molecule has 2 rings (SSSR count). The fraction of sp³-hybridized carbons (Fsp3) is 0.200. The van der Waals surface area contributed by atoms with Crippen molar-refractivity contribution in [1.29, 1.82) is 0 Å². The number of nitrogens with zero attached hydrogens (tertiary/aromatic N) is 2. The monoisotopic (exact) mass is 286 g/mol. The third-order valence-corrected chi connectivity index (χ3v) is 2.90. The van der Waals surface area contributed by atoms with Crippen LogP contribution in [0.4, 0.5) is 5.69 Å². The Morgan fingerprint density at radius 2 is 2.14 bits per heavy atom. The van der Waals surface area contributed by atoms with Gasteiger partial charge in [0.1, 0.15) is 11.4 Å². The molecule has 1 aromatic heterocycles. The van der Waals surface area contributed by atoms with Crippen molar-refractivity contribution < 1.29 is 9.94 Å². The van der Waals surface area contributed by atoms with Gasteiger partial charge in [0.15, 0.2) is 5.84 Å². The van der Waals surface area contributed by atoms with Crippen LogP contribution in [0.1, 0.15) is 18.2 Å². The van der Waals surface area contributed by atoms with Crippen molar-refractivity contribution in [3.05, 3.63) is 53.9 Å². The summed E-state index contributed by atoms with van der Waals surface area (Å²) in [5, 5.41) is 15.1. The van der Waals surface area contributed by atoms with Crippen molar-refractivity contribution in [1.82, 2.24) is 4.98 Å². The van der Waals surface area contributed by atoms with E-state index >= 15 is 0 Å². The van der Waals surface area contributed by atoms with Gasteiger partial charge in [-0.25, -0.2) is 0 Å². The molecule has 6 heteroatoms. The fourth-order valence-electron chi connectivity index (χ4n) is 1.94. The number of aromatic nitrogens is 1. The zero-order chi connectivity index (χ0) is 15.1. The smallest absolute Gasteiger partial charge is 0.189 e. The Labute approximate surface area is 123 Å². The Morgan fingerprint density at radius 1 is 1.33 bits per heavy atom. The van der Waals surface area contributed by atoms with Crippen LogP contribution in [-0.4, -0.2) is 22.6 Å². The standard InChI is InChI=1S/C15H18N4O2/c1-2-21-13-8-4-3-7-12(13)18-10-11-6-5-9-17-14(11)15(16)19-20/h3-9,18,20H,2,10H2,1H3,(H2,16,19). The molecule has 0 radical (unpaired) electrons. The second kappa shape index (κ2) is 7.14. The van der Waals surface area contributed by atoms with Gasteiger partial charge in [-0.15, -0.1) is 0 Å². The average molecular weight is 286 g/mol. The van der Waals surface area contributed by atoms with E-state index in [4.69, 9.17) is 15.7 Å². The number of nitrogens with one attached hydrogen (secondary N) is 1. The van der Waals surface area contributed by atoms with E-state index in [1.165, 1.54) is 0 Å². The van der Waals surface area contributed by atoms with E-state index in [-0.39, 0.29) is 5.84 Å². The molecule has 0 fully saturated rings.